The van der Waals surface area contributed by atoms with Gasteiger partial charge in [-0.3, -0.25) is 4.79 Å². The van der Waals surface area contributed by atoms with Crippen LogP contribution in [-0.4, -0.2) is 19.0 Å². The molecule has 2 rings (SSSR count). The van der Waals surface area contributed by atoms with Crippen LogP contribution < -0.4 is 10.6 Å². The van der Waals surface area contributed by atoms with Gasteiger partial charge in [0.05, 0.1) is 12.0 Å². The predicted molar refractivity (Wildman–Crippen MR) is 73.4 cm³/mol. The van der Waals surface area contributed by atoms with Gasteiger partial charge in [0, 0.05) is 26.1 Å². The van der Waals surface area contributed by atoms with Crippen molar-refractivity contribution in [2.75, 3.05) is 13.1 Å². The molecule has 0 fully saturated rings. The van der Waals surface area contributed by atoms with Crippen LogP contribution in [0, 0.1) is 11.3 Å². The highest BCUT2D eigenvalue weighted by atomic mass is 16.1. The molecule has 0 spiro atoms. The average molecular weight is 257 g/mol. The molecule has 0 bridgehead atoms. The van der Waals surface area contributed by atoms with Crippen LogP contribution >= 0.6 is 0 Å². The SMILES string of the molecule is N#CCCCCNC(=O)C1CNCc2ccccc21. The van der Waals surface area contributed by atoms with E-state index >= 15 is 0 Å². The zero-order valence-corrected chi connectivity index (χ0v) is 11.0. The molecular formula is C15H19N3O. The van der Waals surface area contributed by atoms with Crippen molar-refractivity contribution in [2.45, 2.75) is 31.7 Å². The molecule has 0 radical (unpaired) electrons. The Labute approximate surface area is 113 Å². The van der Waals surface area contributed by atoms with Crippen LogP contribution in [0.5, 0.6) is 0 Å². The Morgan fingerprint density at radius 1 is 1.42 bits per heavy atom. The van der Waals surface area contributed by atoms with Crippen LogP contribution in [0.2, 0.25) is 0 Å². The maximum Gasteiger partial charge on any atom is 0.228 e. The van der Waals surface area contributed by atoms with E-state index in [1.165, 1.54) is 5.56 Å². The molecule has 1 aromatic rings. The normalized spacial score (nSPS) is 17.3. The number of nitrogens with zero attached hydrogens (tertiary/aromatic N) is 1. The summed E-state index contributed by atoms with van der Waals surface area (Å²) in [7, 11) is 0. The zero-order valence-electron chi connectivity index (χ0n) is 11.0. The van der Waals surface area contributed by atoms with Gasteiger partial charge in [-0.25, -0.2) is 0 Å². The molecule has 1 aliphatic rings. The lowest BCUT2D eigenvalue weighted by atomic mass is 9.90. The van der Waals surface area contributed by atoms with E-state index in [0.29, 0.717) is 19.5 Å². The molecule has 1 atom stereocenters. The number of unbranched alkanes of at least 4 members (excludes halogenated alkanes) is 2. The van der Waals surface area contributed by atoms with Crippen LogP contribution in [0.1, 0.15) is 36.3 Å². The van der Waals surface area contributed by atoms with Gasteiger partial charge in [0.1, 0.15) is 0 Å². The predicted octanol–water partition coefficient (Wildman–Crippen LogP) is 1.68. The number of benzene rings is 1. The molecule has 100 valence electrons. The Balaban J connectivity index is 1.89. The molecule has 0 aromatic heterocycles. The number of nitrogens with one attached hydrogen (secondary N) is 2. The Bertz CT molecular complexity index is 479. The van der Waals surface area contributed by atoms with Crippen molar-refractivity contribution in [3.05, 3.63) is 35.4 Å². The quantitative estimate of drug-likeness (QED) is 0.789. The number of amides is 1. The van der Waals surface area contributed by atoms with E-state index in [2.05, 4.69) is 22.8 Å². The maximum atomic E-state index is 12.2. The lowest BCUT2D eigenvalue weighted by Gasteiger charge is -2.25. The smallest absolute Gasteiger partial charge is 0.228 e. The summed E-state index contributed by atoms with van der Waals surface area (Å²) in [5.74, 6) is -0.0162. The molecule has 0 saturated heterocycles. The Kier molecular flexibility index (Phi) is 4.93. The van der Waals surface area contributed by atoms with E-state index in [-0.39, 0.29) is 11.8 Å². The molecule has 1 heterocycles. The van der Waals surface area contributed by atoms with Crippen molar-refractivity contribution in [3.8, 4) is 6.07 Å². The number of rotatable bonds is 5. The van der Waals surface area contributed by atoms with Gasteiger partial charge in [0.15, 0.2) is 0 Å². The number of hydrogen-bond donors (Lipinski definition) is 2. The van der Waals surface area contributed by atoms with Gasteiger partial charge in [-0.1, -0.05) is 24.3 Å². The minimum absolute atomic E-state index is 0.0802. The van der Waals surface area contributed by atoms with E-state index in [4.69, 9.17) is 5.26 Å². The molecule has 4 heteroatoms. The number of carbonyl (C=O) groups is 1. The van der Waals surface area contributed by atoms with Crippen molar-refractivity contribution in [2.24, 2.45) is 0 Å². The highest BCUT2D eigenvalue weighted by Gasteiger charge is 2.25. The lowest BCUT2D eigenvalue weighted by molar-refractivity contribution is -0.122. The second-order valence-electron chi connectivity index (χ2n) is 4.79. The van der Waals surface area contributed by atoms with Crippen molar-refractivity contribution < 1.29 is 4.79 Å². The van der Waals surface area contributed by atoms with Crippen molar-refractivity contribution in [1.82, 2.24) is 10.6 Å². The molecule has 19 heavy (non-hydrogen) atoms. The van der Waals surface area contributed by atoms with Crippen molar-refractivity contribution >= 4 is 5.91 Å². The van der Waals surface area contributed by atoms with E-state index in [1.54, 1.807) is 0 Å². The second kappa shape index (κ2) is 6.91. The summed E-state index contributed by atoms with van der Waals surface area (Å²) < 4.78 is 0. The summed E-state index contributed by atoms with van der Waals surface area (Å²) >= 11 is 0. The van der Waals surface area contributed by atoms with Gasteiger partial charge in [-0.15, -0.1) is 0 Å². The number of nitriles is 1. The Hall–Kier alpha value is -1.86. The number of hydrogen-bond acceptors (Lipinski definition) is 3. The summed E-state index contributed by atoms with van der Waals surface area (Å²) in [6.45, 7) is 2.18. The van der Waals surface area contributed by atoms with Crippen molar-refractivity contribution in [1.29, 1.82) is 5.26 Å². The fourth-order valence-electron chi connectivity index (χ4n) is 2.39. The first-order chi connectivity index (χ1) is 9.33. The topological polar surface area (TPSA) is 64.9 Å². The van der Waals surface area contributed by atoms with E-state index in [9.17, 15) is 4.79 Å². The number of carbonyl (C=O) groups excluding carboxylic acids is 1. The molecule has 1 amide bonds. The highest BCUT2D eigenvalue weighted by molar-refractivity contribution is 5.84. The van der Waals surface area contributed by atoms with E-state index in [1.807, 2.05) is 18.2 Å². The van der Waals surface area contributed by atoms with Crippen LogP contribution in [0.4, 0.5) is 0 Å². The van der Waals surface area contributed by atoms with Gasteiger partial charge in [-0.2, -0.15) is 5.26 Å². The first-order valence-electron chi connectivity index (χ1n) is 6.76. The van der Waals surface area contributed by atoms with Gasteiger partial charge >= 0.3 is 0 Å². The summed E-state index contributed by atoms with van der Waals surface area (Å²) in [6.07, 6.45) is 2.26. The fourth-order valence-corrected chi connectivity index (χ4v) is 2.39. The lowest BCUT2D eigenvalue weighted by Crippen LogP contribution is -2.39. The summed E-state index contributed by atoms with van der Waals surface area (Å²) in [5.41, 5.74) is 2.34. The summed E-state index contributed by atoms with van der Waals surface area (Å²) in [6, 6.07) is 10.2. The Morgan fingerprint density at radius 2 is 2.26 bits per heavy atom. The van der Waals surface area contributed by atoms with Gasteiger partial charge in [0.2, 0.25) is 5.91 Å². The molecule has 4 nitrogen and oxygen atoms in total. The molecule has 2 N–H and O–H groups in total. The van der Waals surface area contributed by atoms with Gasteiger partial charge in [0.25, 0.3) is 0 Å². The minimum atomic E-state index is -0.0964. The fraction of sp³-hybridized carbons (Fsp3) is 0.467. The van der Waals surface area contributed by atoms with E-state index < -0.39 is 0 Å². The van der Waals surface area contributed by atoms with Gasteiger partial charge < -0.3 is 10.6 Å². The largest absolute Gasteiger partial charge is 0.356 e. The van der Waals surface area contributed by atoms with Crippen LogP contribution in [0.3, 0.4) is 0 Å². The maximum absolute atomic E-state index is 12.2. The summed E-state index contributed by atoms with van der Waals surface area (Å²) in [5, 5.41) is 14.7. The molecule has 1 aromatic carbocycles. The van der Waals surface area contributed by atoms with Gasteiger partial charge in [-0.05, 0) is 24.0 Å². The van der Waals surface area contributed by atoms with Crippen LogP contribution in [-0.2, 0) is 11.3 Å². The highest BCUT2D eigenvalue weighted by Crippen LogP contribution is 2.23. The molecule has 0 saturated carbocycles. The van der Waals surface area contributed by atoms with Crippen LogP contribution in [0.25, 0.3) is 0 Å². The number of fused-ring (bicyclic) bond motifs is 1. The Morgan fingerprint density at radius 3 is 3.11 bits per heavy atom. The molecule has 1 unspecified atom stereocenters. The standard InChI is InChI=1S/C15H19N3O/c16-8-4-1-5-9-18-15(19)14-11-17-10-12-6-2-3-7-13(12)14/h2-3,6-7,14,17H,1,4-5,9-11H2,(H,18,19). The minimum Gasteiger partial charge on any atom is -0.356 e. The molecular weight excluding hydrogens is 238 g/mol. The zero-order chi connectivity index (χ0) is 13.5. The third-order valence-corrected chi connectivity index (χ3v) is 3.43. The summed E-state index contributed by atoms with van der Waals surface area (Å²) in [4.78, 5) is 12.2. The first-order valence-corrected chi connectivity index (χ1v) is 6.76. The first kappa shape index (κ1) is 13.6. The third-order valence-electron chi connectivity index (χ3n) is 3.43. The van der Waals surface area contributed by atoms with E-state index in [0.717, 1.165) is 24.9 Å². The van der Waals surface area contributed by atoms with Crippen molar-refractivity contribution in [3.63, 3.8) is 0 Å². The van der Waals surface area contributed by atoms with Crippen LogP contribution in [0.15, 0.2) is 24.3 Å². The molecule has 1 aliphatic heterocycles. The third kappa shape index (κ3) is 3.55. The molecule has 0 aliphatic carbocycles. The monoisotopic (exact) mass is 257 g/mol. The average Bonchev–Trinajstić information content (AvgIpc) is 2.46. The second-order valence-corrected chi connectivity index (χ2v) is 4.79.